The van der Waals surface area contributed by atoms with Crippen LogP contribution in [0.2, 0.25) is 18.1 Å². The number of Topliss-reactive ketones (excluding diaryl/α,β-unsaturated/α-hetero) is 1. The molecule has 6 atom stereocenters. The maximum absolute atomic E-state index is 15.0. The van der Waals surface area contributed by atoms with E-state index in [-0.39, 0.29) is 5.04 Å². The summed E-state index contributed by atoms with van der Waals surface area (Å²) in [4.78, 5) is 41.7. The molecule has 13 nitrogen and oxygen atoms in total. The van der Waals surface area contributed by atoms with E-state index in [0.29, 0.717) is 28.2 Å². The minimum absolute atomic E-state index is 0.371. The van der Waals surface area contributed by atoms with Crippen molar-refractivity contribution < 1.29 is 42.0 Å². The minimum Gasteiger partial charge on any atom is -0.497 e. The second-order valence-corrected chi connectivity index (χ2v) is 20.1. The summed E-state index contributed by atoms with van der Waals surface area (Å²) in [6.07, 6.45) is -5.93. The number of methoxy groups -OCH3 is 2. The number of nitrogen functional groups attached to an aromatic ring is 1. The van der Waals surface area contributed by atoms with Gasteiger partial charge < -0.3 is 38.5 Å². The van der Waals surface area contributed by atoms with Crippen molar-refractivity contribution in [2.45, 2.75) is 82.1 Å². The Morgan fingerprint density at radius 3 is 1.93 bits per heavy atom. The van der Waals surface area contributed by atoms with Gasteiger partial charge in [0.15, 0.2) is 32.0 Å². The van der Waals surface area contributed by atoms with E-state index >= 15 is 4.39 Å². The predicted octanol–water partition coefficient (Wildman–Crippen LogP) is 5.80. The molecule has 16 heteroatoms. The van der Waals surface area contributed by atoms with Crippen LogP contribution in [0.15, 0.2) is 89.9 Å². The molecule has 5 N–H and O–H groups in total. The molecule has 5 rings (SSSR count). The highest BCUT2D eigenvalue weighted by Crippen LogP contribution is 2.48. The Morgan fingerprint density at radius 1 is 0.944 bits per heavy atom. The summed E-state index contributed by atoms with van der Waals surface area (Å²) in [5.41, 5.74) is 11.0. The lowest BCUT2D eigenvalue weighted by atomic mass is 9.79. The van der Waals surface area contributed by atoms with Crippen molar-refractivity contribution in [2.24, 2.45) is 5.50 Å². The first-order valence-corrected chi connectivity index (χ1v) is 21.4. The monoisotopic (exact) mass is 782 g/mol. The third-order valence-electron chi connectivity index (χ3n) is 10.1. The number of carbonyl (C=O) groups is 1. The Balaban J connectivity index is 1.77. The molecule has 1 aliphatic heterocycles. The summed E-state index contributed by atoms with van der Waals surface area (Å²) in [5.74, 6) is -0.883. The first-order valence-electron chi connectivity index (χ1n) is 17.2. The highest BCUT2D eigenvalue weighted by molar-refractivity contribution is 7.43. The summed E-state index contributed by atoms with van der Waals surface area (Å²) in [6, 6.07) is 23.7. The Hall–Kier alpha value is -4.05. The number of benzene rings is 3. The van der Waals surface area contributed by atoms with Crippen molar-refractivity contribution in [1.29, 1.82) is 0 Å². The third-order valence-corrected chi connectivity index (χ3v) is 15.0. The average Bonchev–Trinajstić information content (AvgIpc) is 3.45. The fourth-order valence-corrected chi connectivity index (χ4v) is 8.03. The zero-order valence-corrected chi connectivity index (χ0v) is 33.5. The van der Waals surface area contributed by atoms with E-state index < -0.39 is 76.2 Å². The maximum atomic E-state index is 15.0. The van der Waals surface area contributed by atoms with E-state index in [0.717, 1.165) is 10.8 Å². The van der Waals surface area contributed by atoms with Gasteiger partial charge in [0, 0.05) is 0 Å². The van der Waals surface area contributed by atoms with Crippen LogP contribution in [-0.4, -0.2) is 67.2 Å². The molecule has 1 fully saturated rings. The van der Waals surface area contributed by atoms with Gasteiger partial charge in [-0.15, -0.1) is 0 Å². The second-order valence-electron chi connectivity index (χ2n) is 14.5. The number of hydrogen-bond donors (Lipinski definition) is 3. The van der Waals surface area contributed by atoms with E-state index in [1.165, 1.54) is 6.92 Å². The highest BCUT2D eigenvalue weighted by Gasteiger charge is 2.57. The molecule has 2 heterocycles. The van der Waals surface area contributed by atoms with Gasteiger partial charge in [-0.1, -0.05) is 75.4 Å². The van der Waals surface area contributed by atoms with Crippen LogP contribution in [0.25, 0.3) is 0 Å². The van der Waals surface area contributed by atoms with Gasteiger partial charge in [0.25, 0.3) is 8.53 Å². The molecule has 0 radical (unpaired) electrons. The Bertz CT molecular complexity index is 1910. The summed E-state index contributed by atoms with van der Waals surface area (Å²) >= 11 is 0. The number of halogens is 1. The lowest BCUT2D eigenvalue weighted by molar-refractivity contribution is -0.163. The number of ketones is 1. The van der Waals surface area contributed by atoms with Crippen LogP contribution in [0.1, 0.15) is 50.6 Å². The number of aromatic nitrogens is 2. The van der Waals surface area contributed by atoms with Crippen molar-refractivity contribution in [1.82, 2.24) is 9.55 Å². The first kappa shape index (κ1) is 41.1. The largest absolute Gasteiger partial charge is 0.497 e. The number of nitrogens with two attached hydrogens (primary N) is 2. The second kappa shape index (κ2) is 16.4. The molecule has 0 amide bonds. The molecule has 0 spiro atoms. The minimum atomic E-state index is -2.77. The van der Waals surface area contributed by atoms with Gasteiger partial charge in [-0.2, -0.15) is 4.98 Å². The van der Waals surface area contributed by atoms with E-state index in [1.807, 2.05) is 88.5 Å². The molecular weight excluding hydrogens is 734 g/mol. The standard InChI is InChI=1S/C38H48FN4O9PSi/c1-23(44)30(50-38(24-12-10-9-11-13-24,25-14-18-27(47-5)19-15-25)26-16-20-28(48-6)21-17-26)31-32(51-53(41)46)33(52-54(7,8)37(2,3)4)35(49-31)43-22-29(39)34(40)42-36(43)45/h9-22,30-33,35,46H,41H2,1-8H3,(H2,40,42,45)/t30?,31-,32-,33-,35-,53?/m1/s1. The molecule has 3 aromatic carbocycles. The molecular formula is C38H48FN4O9PSi. The van der Waals surface area contributed by atoms with Gasteiger partial charge in [0.05, 0.1) is 20.4 Å². The van der Waals surface area contributed by atoms with Crippen LogP contribution in [0.4, 0.5) is 10.2 Å². The lowest BCUT2D eigenvalue weighted by Crippen LogP contribution is -2.52. The number of ether oxygens (including phenoxy) is 4. The number of anilines is 1. The van der Waals surface area contributed by atoms with Crippen molar-refractivity contribution >= 4 is 28.4 Å². The van der Waals surface area contributed by atoms with Crippen molar-refractivity contribution in [3.8, 4) is 11.5 Å². The normalized spacial score (nSPS) is 20.4. The summed E-state index contributed by atoms with van der Waals surface area (Å²) in [5, 5.41) is -0.371. The molecule has 4 aromatic rings. The summed E-state index contributed by atoms with van der Waals surface area (Å²) in [6.45, 7) is 11.3. The molecule has 0 aliphatic carbocycles. The molecule has 1 aliphatic rings. The van der Waals surface area contributed by atoms with Crippen molar-refractivity contribution in [3.05, 3.63) is 118 Å². The first-order chi connectivity index (χ1) is 25.4. The molecule has 0 saturated carbocycles. The average molecular weight is 783 g/mol. The van der Waals surface area contributed by atoms with E-state index in [2.05, 4.69) is 4.98 Å². The Labute approximate surface area is 316 Å². The molecule has 2 unspecified atom stereocenters. The van der Waals surface area contributed by atoms with Gasteiger partial charge >= 0.3 is 5.69 Å². The molecule has 1 saturated heterocycles. The van der Waals surface area contributed by atoms with Crippen LogP contribution in [0, 0.1) is 5.82 Å². The lowest BCUT2D eigenvalue weighted by Gasteiger charge is -2.42. The fourth-order valence-electron chi connectivity index (χ4n) is 6.26. The van der Waals surface area contributed by atoms with Gasteiger partial charge in [-0.25, -0.2) is 9.18 Å². The fraction of sp³-hybridized carbons (Fsp3) is 0.395. The van der Waals surface area contributed by atoms with Gasteiger partial charge in [0.2, 0.25) is 0 Å². The van der Waals surface area contributed by atoms with Crippen LogP contribution < -0.4 is 26.4 Å². The van der Waals surface area contributed by atoms with E-state index in [9.17, 15) is 14.5 Å². The number of carbonyl (C=O) groups excluding carboxylic acids is 1. The molecule has 0 bridgehead atoms. The number of rotatable bonds is 14. The van der Waals surface area contributed by atoms with Gasteiger partial charge in [-0.05, 0) is 66.0 Å². The third kappa shape index (κ3) is 8.28. The molecule has 290 valence electrons. The topological polar surface area (TPSA) is 180 Å². The number of nitrogens with zero attached hydrogens (tertiary/aromatic N) is 2. The maximum Gasteiger partial charge on any atom is 0.351 e. The number of hydrogen-bond acceptors (Lipinski definition) is 12. The summed E-state index contributed by atoms with van der Waals surface area (Å²) < 4.78 is 53.6. The van der Waals surface area contributed by atoms with Crippen LogP contribution in [0.5, 0.6) is 11.5 Å². The zero-order valence-electron chi connectivity index (χ0n) is 31.6. The predicted molar refractivity (Wildman–Crippen MR) is 205 cm³/mol. The Kier molecular flexibility index (Phi) is 12.5. The highest BCUT2D eigenvalue weighted by atomic mass is 31.2. The van der Waals surface area contributed by atoms with Crippen molar-refractivity contribution in [2.75, 3.05) is 20.0 Å². The van der Waals surface area contributed by atoms with Crippen LogP contribution in [0.3, 0.4) is 0 Å². The zero-order chi connectivity index (χ0) is 39.6. The van der Waals surface area contributed by atoms with Gasteiger partial charge in [-0.3, -0.25) is 14.9 Å². The summed E-state index contributed by atoms with van der Waals surface area (Å²) in [7, 11) is -2.25. The quantitative estimate of drug-likeness (QED) is 0.0797. The Morgan fingerprint density at radius 2 is 1.46 bits per heavy atom. The van der Waals surface area contributed by atoms with E-state index in [1.54, 1.807) is 38.5 Å². The van der Waals surface area contributed by atoms with Crippen LogP contribution >= 0.6 is 8.53 Å². The van der Waals surface area contributed by atoms with Gasteiger partial charge in [0.1, 0.15) is 41.5 Å². The van der Waals surface area contributed by atoms with Crippen LogP contribution in [-0.2, 0) is 28.8 Å². The smallest absolute Gasteiger partial charge is 0.351 e. The molecule has 1 aromatic heterocycles. The van der Waals surface area contributed by atoms with E-state index in [4.69, 9.17) is 39.1 Å². The molecule has 54 heavy (non-hydrogen) atoms. The van der Waals surface area contributed by atoms with Crippen molar-refractivity contribution in [3.63, 3.8) is 0 Å². The SMILES string of the molecule is COc1ccc(C(OC(C(C)=O)[C@H]2O[C@@H](n3cc(F)c(N)nc3=O)[C@H](O[Si](C)(C)C(C)(C)C)[C@@H]2OP(N)O)(c2ccccc2)c2ccc(OC)cc2)cc1.